The van der Waals surface area contributed by atoms with Crippen molar-refractivity contribution in [1.82, 2.24) is 9.55 Å². The van der Waals surface area contributed by atoms with Crippen molar-refractivity contribution in [3.05, 3.63) is 43.0 Å². The Kier molecular flexibility index (Phi) is 4.23. The highest BCUT2D eigenvalue weighted by atomic mass is 16.5. The van der Waals surface area contributed by atoms with Crippen molar-refractivity contribution in [2.45, 2.75) is 31.5 Å². The van der Waals surface area contributed by atoms with Gasteiger partial charge in [-0.1, -0.05) is 5.11 Å². The van der Waals surface area contributed by atoms with Gasteiger partial charge in [0.15, 0.2) is 0 Å². The number of rotatable bonds is 3. The zero-order chi connectivity index (χ0) is 14.7. The molecular formula is C11H15N5O4. The SMILES string of the molecule is Cc1cn([C@@H]2CO[C@H](CO)[C@@H](N=[N+]=[N-])C2)c(=O)[nH]c1=O. The van der Waals surface area contributed by atoms with Crippen LogP contribution in [0.3, 0.4) is 0 Å². The van der Waals surface area contributed by atoms with Gasteiger partial charge in [-0.15, -0.1) is 0 Å². The molecule has 2 rings (SSSR count). The average Bonchev–Trinajstić information content (AvgIpc) is 2.43. The number of nitrogens with zero attached hydrogens (tertiary/aromatic N) is 4. The van der Waals surface area contributed by atoms with Crippen LogP contribution >= 0.6 is 0 Å². The van der Waals surface area contributed by atoms with Gasteiger partial charge in [-0.2, -0.15) is 0 Å². The summed E-state index contributed by atoms with van der Waals surface area (Å²) in [6.45, 7) is 1.55. The van der Waals surface area contributed by atoms with Gasteiger partial charge in [0.2, 0.25) is 0 Å². The topological polar surface area (TPSA) is 133 Å². The number of hydrogen-bond acceptors (Lipinski definition) is 5. The molecule has 1 aromatic heterocycles. The van der Waals surface area contributed by atoms with E-state index in [2.05, 4.69) is 15.0 Å². The van der Waals surface area contributed by atoms with Crippen molar-refractivity contribution >= 4 is 0 Å². The predicted molar refractivity (Wildman–Crippen MR) is 69.5 cm³/mol. The fraction of sp³-hybridized carbons (Fsp3) is 0.636. The summed E-state index contributed by atoms with van der Waals surface area (Å²) in [5.41, 5.74) is 7.98. The Bertz CT molecular complexity index is 645. The fourth-order valence-corrected chi connectivity index (χ4v) is 2.26. The van der Waals surface area contributed by atoms with E-state index >= 15 is 0 Å². The third-order valence-corrected chi connectivity index (χ3v) is 3.36. The Balaban J connectivity index is 2.31. The third kappa shape index (κ3) is 2.74. The van der Waals surface area contributed by atoms with E-state index in [4.69, 9.17) is 15.4 Å². The standard InChI is InChI=1S/C11H15N5O4/c1-6-3-16(11(19)13-10(6)18)7-2-8(14-15-12)9(4-17)20-5-7/h3,7-9,17H,2,4-5H2,1H3,(H,13,18,19)/t7-,8-,9+/m0/s1. The molecule has 108 valence electrons. The van der Waals surface area contributed by atoms with E-state index in [0.29, 0.717) is 12.0 Å². The Morgan fingerprint density at radius 1 is 1.65 bits per heavy atom. The first kappa shape index (κ1) is 14.3. The van der Waals surface area contributed by atoms with Crippen LogP contribution in [0.5, 0.6) is 0 Å². The number of nitrogens with one attached hydrogen (secondary N) is 1. The minimum Gasteiger partial charge on any atom is -0.394 e. The van der Waals surface area contributed by atoms with Gasteiger partial charge >= 0.3 is 5.69 Å². The molecule has 2 N–H and O–H groups in total. The highest BCUT2D eigenvalue weighted by Crippen LogP contribution is 2.25. The summed E-state index contributed by atoms with van der Waals surface area (Å²) in [5.74, 6) is 0. The van der Waals surface area contributed by atoms with Gasteiger partial charge in [0, 0.05) is 16.7 Å². The maximum Gasteiger partial charge on any atom is 0.328 e. The van der Waals surface area contributed by atoms with Crippen LogP contribution in [0.1, 0.15) is 18.0 Å². The van der Waals surface area contributed by atoms with E-state index in [1.807, 2.05) is 0 Å². The molecular weight excluding hydrogens is 266 g/mol. The maximum atomic E-state index is 11.8. The quantitative estimate of drug-likeness (QED) is 0.452. The summed E-state index contributed by atoms with van der Waals surface area (Å²) in [6.07, 6.45) is 1.25. The second kappa shape index (κ2) is 5.91. The van der Waals surface area contributed by atoms with Crippen molar-refractivity contribution in [2.75, 3.05) is 13.2 Å². The zero-order valence-corrected chi connectivity index (χ0v) is 10.9. The van der Waals surface area contributed by atoms with Crippen LogP contribution in [0.4, 0.5) is 0 Å². The maximum absolute atomic E-state index is 11.8. The smallest absolute Gasteiger partial charge is 0.328 e. The van der Waals surface area contributed by atoms with Gasteiger partial charge in [0.05, 0.1) is 31.4 Å². The molecule has 0 bridgehead atoms. The molecule has 20 heavy (non-hydrogen) atoms. The van der Waals surface area contributed by atoms with Gasteiger partial charge < -0.3 is 9.84 Å². The van der Waals surface area contributed by atoms with Gasteiger partial charge in [0.25, 0.3) is 5.56 Å². The first-order valence-corrected chi connectivity index (χ1v) is 6.15. The van der Waals surface area contributed by atoms with E-state index in [-0.39, 0.29) is 19.3 Å². The number of aromatic amines is 1. The van der Waals surface area contributed by atoms with Crippen LogP contribution in [0.15, 0.2) is 20.9 Å². The number of aryl methyl sites for hydroxylation is 1. The Morgan fingerprint density at radius 2 is 2.40 bits per heavy atom. The van der Waals surface area contributed by atoms with Gasteiger partial charge in [-0.05, 0) is 18.9 Å². The van der Waals surface area contributed by atoms with Gasteiger partial charge in [-0.3, -0.25) is 14.3 Å². The molecule has 0 unspecified atom stereocenters. The normalized spacial score (nSPS) is 26.0. The van der Waals surface area contributed by atoms with Crippen molar-refractivity contribution < 1.29 is 9.84 Å². The highest BCUT2D eigenvalue weighted by Gasteiger charge is 2.31. The Labute approximate surface area is 113 Å². The molecule has 1 aliphatic heterocycles. The van der Waals surface area contributed by atoms with E-state index in [1.54, 1.807) is 6.92 Å². The molecule has 1 fully saturated rings. The molecule has 9 nitrogen and oxygen atoms in total. The molecule has 2 heterocycles. The number of hydrogen-bond donors (Lipinski definition) is 2. The van der Waals surface area contributed by atoms with Gasteiger partial charge in [-0.25, -0.2) is 4.79 Å². The highest BCUT2D eigenvalue weighted by molar-refractivity contribution is 5.02. The lowest BCUT2D eigenvalue weighted by atomic mass is 10.00. The van der Waals surface area contributed by atoms with Crippen LogP contribution in [0, 0.1) is 6.92 Å². The monoisotopic (exact) mass is 281 g/mol. The lowest BCUT2D eigenvalue weighted by Gasteiger charge is -2.33. The Morgan fingerprint density at radius 3 is 3.05 bits per heavy atom. The molecule has 0 aliphatic carbocycles. The molecule has 0 amide bonds. The molecule has 1 aliphatic rings. The molecule has 1 saturated heterocycles. The number of azide groups is 1. The first-order chi connectivity index (χ1) is 9.56. The number of ether oxygens (including phenoxy) is 1. The lowest BCUT2D eigenvalue weighted by molar-refractivity contribution is -0.0519. The number of H-pyrrole nitrogens is 1. The second-order valence-corrected chi connectivity index (χ2v) is 4.69. The van der Waals surface area contributed by atoms with Crippen LogP contribution in [-0.2, 0) is 4.74 Å². The summed E-state index contributed by atoms with van der Waals surface area (Å²) in [6, 6.07) is -0.903. The molecule has 1 aromatic rings. The molecule has 0 spiro atoms. The second-order valence-electron chi connectivity index (χ2n) is 4.69. The number of aromatic nitrogens is 2. The lowest BCUT2D eigenvalue weighted by Crippen LogP contribution is -2.44. The fourth-order valence-electron chi connectivity index (χ4n) is 2.26. The summed E-state index contributed by atoms with van der Waals surface area (Å²) in [5, 5.41) is 12.7. The van der Waals surface area contributed by atoms with Crippen LogP contribution < -0.4 is 11.2 Å². The Hall–Kier alpha value is -2.09. The minimum atomic E-state index is -0.568. The average molecular weight is 281 g/mol. The third-order valence-electron chi connectivity index (χ3n) is 3.36. The van der Waals surface area contributed by atoms with Crippen molar-refractivity contribution in [3.8, 4) is 0 Å². The summed E-state index contributed by atoms with van der Waals surface area (Å²) < 4.78 is 6.78. The van der Waals surface area contributed by atoms with Crippen LogP contribution in [0.25, 0.3) is 10.4 Å². The molecule has 0 saturated carbocycles. The molecule has 0 aromatic carbocycles. The largest absolute Gasteiger partial charge is 0.394 e. The van der Waals surface area contributed by atoms with Crippen LogP contribution in [0.2, 0.25) is 0 Å². The number of aliphatic hydroxyl groups is 1. The first-order valence-electron chi connectivity index (χ1n) is 6.15. The summed E-state index contributed by atoms with van der Waals surface area (Å²) in [4.78, 5) is 28.1. The number of aliphatic hydroxyl groups excluding tert-OH is 1. The molecule has 3 atom stereocenters. The van der Waals surface area contributed by atoms with Crippen LogP contribution in [-0.4, -0.2) is 40.0 Å². The van der Waals surface area contributed by atoms with E-state index < -0.39 is 23.4 Å². The van der Waals surface area contributed by atoms with Crippen molar-refractivity contribution in [1.29, 1.82) is 0 Å². The minimum absolute atomic E-state index is 0.202. The molecule has 0 radical (unpaired) electrons. The van der Waals surface area contributed by atoms with Crippen molar-refractivity contribution in [3.63, 3.8) is 0 Å². The molecule has 9 heteroatoms. The summed E-state index contributed by atoms with van der Waals surface area (Å²) >= 11 is 0. The van der Waals surface area contributed by atoms with E-state index in [1.165, 1.54) is 10.8 Å². The predicted octanol–water partition coefficient (Wildman–Crippen LogP) is -0.154. The van der Waals surface area contributed by atoms with E-state index in [9.17, 15) is 9.59 Å². The van der Waals surface area contributed by atoms with E-state index in [0.717, 1.165) is 0 Å². The van der Waals surface area contributed by atoms with Gasteiger partial charge in [0.1, 0.15) is 0 Å². The zero-order valence-electron chi connectivity index (χ0n) is 10.9. The van der Waals surface area contributed by atoms with Crippen molar-refractivity contribution in [2.24, 2.45) is 5.11 Å². The summed E-state index contributed by atoms with van der Waals surface area (Å²) in [7, 11) is 0.